The van der Waals surface area contributed by atoms with Gasteiger partial charge in [-0.05, 0) is 64.2 Å². The molecule has 0 radical (unpaired) electrons. The third-order valence-corrected chi connectivity index (χ3v) is 5.23. The Hall–Kier alpha value is -3.04. The van der Waals surface area contributed by atoms with Crippen molar-refractivity contribution in [2.24, 2.45) is 0 Å². The van der Waals surface area contributed by atoms with E-state index < -0.39 is 0 Å². The van der Waals surface area contributed by atoms with Crippen molar-refractivity contribution < 1.29 is 13.5 Å². The number of aryl methyl sites for hydroxylation is 2. The fraction of sp³-hybridized carbons (Fsp3) is 0.154. The van der Waals surface area contributed by atoms with Gasteiger partial charge in [0.1, 0.15) is 11.6 Å². The van der Waals surface area contributed by atoms with Crippen molar-refractivity contribution >= 4 is 10.8 Å². The lowest BCUT2D eigenvalue weighted by molar-refractivity contribution is 0.185. The summed E-state index contributed by atoms with van der Waals surface area (Å²) < 4.78 is 33.2. The van der Waals surface area contributed by atoms with Crippen molar-refractivity contribution in [1.29, 1.82) is 0 Å². The normalized spacial score (nSPS) is 11.1. The molecule has 0 aliphatic rings. The largest absolute Gasteiger partial charge is 0.380 e. The highest BCUT2D eigenvalue weighted by atomic mass is 19.1. The van der Waals surface area contributed by atoms with Crippen LogP contribution in [0.1, 0.15) is 16.7 Å². The van der Waals surface area contributed by atoms with Crippen LogP contribution in [0.3, 0.4) is 0 Å². The molecule has 0 bridgehead atoms. The van der Waals surface area contributed by atoms with Gasteiger partial charge in [-0.15, -0.1) is 0 Å². The third kappa shape index (κ3) is 4.36. The minimum Gasteiger partial charge on any atom is -0.380 e. The van der Waals surface area contributed by atoms with Gasteiger partial charge >= 0.3 is 0 Å². The molecule has 29 heavy (non-hydrogen) atoms. The zero-order chi connectivity index (χ0) is 20.2. The molecule has 0 heterocycles. The highest BCUT2D eigenvalue weighted by Gasteiger charge is 2.09. The molecule has 0 atom stereocenters. The molecule has 0 aromatic heterocycles. The Morgan fingerprint density at radius 3 is 2.10 bits per heavy atom. The lowest BCUT2D eigenvalue weighted by atomic mass is 9.97. The Bertz CT molecular complexity index is 1120. The maximum absolute atomic E-state index is 15.0. The Labute approximate surface area is 169 Å². The van der Waals surface area contributed by atoms with Gasteiger partial charge in [-0.2, -0.15) is 0 Å². The van der Waals surface area contributed by atoms with E-state index in [9.17, 15) is 4.39 Å². The molecule has 0 saturated carbocycles. The average Bonchev–Trinajstić information content (AvgIpc) is 2.75. The molecule has 146 valence electrons. The van der Waals surface area contributed by atoms with Crippen LogP contribution >= 0.6 is 0 Å². The van der Waals surface area contributed by atoms with Crippen LogP contribution in [0.5, 0.6) is 0 Å². The summed E-state index contributed by atoms with van der Waals surface area (Å²) in [5, 5.41) is 1.51. The molecule has 0 N–H and O–H groups in total. The molecule has 0 unspecified atom stereocenters. The summed E-state index contributed by atoms with van der Waals surface area (Å²) >= 11 is 0. The van der Waals surface area contributed by atoms with Crippen molar-refractivity contribution in [1.82, 2.24) is 0 Å². The predicted molar refractivity (Wildman–Crippen MR) is 114 cm³/mol. The van der Waals surface area contributed by atoms with E-state index in [2.05, 4.69) is 12.1 Å². The molecule has 4 aromatic carbocycles. The number of methoxy groups -OCH3 is 1. The first-order valence-corrected chi connectivity index (χ1v) is 9.68. The van der Waals surface area contributed by atoms with Gasteiger partial charge in [0.2, 0.25) is 0 Å². The van der Waals surface area contributed by atoms with E-state index in [0.717, 1.165) is 27.6 Å². The molecule has 0 spiro atoms. The fourth-order valence-electron chi connectivity index (χ4n) is 3.60. The highest BCUT2D eigenvalue weighted by Crippen LogP contribution is 2.28. The molecule has 0 amide bonds. The van der Waals surface area contributed by atoms with Crippen LogP contribution in [0, 0.1) is 11.6 Å². The summed E-state index contributed by atoms with van der Waals surface area (Å²) in [6.07, 6.45) is 1.25. The van der Waals surface area contributed by atoms with Crippen LogP contribution in [0.4, 0.5) is 8.78 Å². The molecular formula is C26H22F2O. The second-order valence-corrected chi connectivity index (χ2v) is 7.23. The Balaban J connectivity index is 1.57. The van der Waals surface area contributed by atoms with Gasteiger partial charge in [-0.1, -0.05) is 60.7 Å². The van der Waals surface area contributed by atoms with Crippen LogP contribution in [0.2, 0.25) is 0 Å². The number of benzene rings is 4. The van der Waals surface area contributed by atoms with E-state index in [1.54, 1.807) is 19.2 Å². The predicted octanol–water partition coefficient (Wildman–Crippen LogP) is 6.72. The van der Waals surface area contributed by atoms with Crippen molar-refractivity contribution in [3.8, 4) is 11.1 Å². The van der Waals surface area contributed by atoms with Crippen molar-refractivity contribution in [2.45, 2.75) is 19.4 Å². The Kier molecular flexibility index (Phi) is 5.68. The summed E-state index contributed by atoms with van der Waals surface area (Å²) in [6, 6.07) is 24.2. The van der Waals surface area contributed by atoms with Gasteiger partial charge < -0.3 is 4.74 Å². The lowest BCUT2D eigenvalue weighted by Gasteiger charge is -2.10. The van der Waals surface area contributed by atoms with Gasteiger partial charge in [0.15, 0.2) is 0 Å². The molecule has 4 rings (SSSR count). The summed E-state index contributed by atoms with van der Waals surface area (Å²) in [6.45, 7) is 0.587. The minimum absolute atomic E-state index is 0.174. The second-order valence-electron chi connectivity index (χ2n) is 7.23. The molecule has 4 aromatic rings. The number of ether oxygens (including phenoxy) is 1. The second kappa shape index (κ2) is 8.54. The number of hydrogen-bond acceptors (Lipinski definition) is 1. The van der Waals surface area contributed by atoms with E-state index in [-0.39, 0.29) is 11.6 Å². The Morgan fingerprint density at radius 2 is 1.38 bits per heavy atom. The quantitative estimate of drug-likeness (QED) is 0.356. The number of hydrogen-bond donors (Lipinski definition) is 0. The summed E-state index contributed by atoms with van der Waals surface area (Å²) in [7, 11) is 1.68. The minimum atomic E-state index is -0.255. The fourth-order valence-corrected chi connectivity index (χ4v) is 3.60. The van der Waals surface area contributed by atoms with E-state index in [4.69, 9.17) is 4.74 Å². The summed E-state index contributed by atoms with van der Waals surface area (Å²) in [4.78, 5) is 0. The molecule has 0 aliphatic carbocycles. The smallest absolute Gasteiger partial charge is 0.134 e. The molecule has 1 nitrogen and oxygen atoms in total. The first-order chi connectivity index (χ1) is 14.1. The number of rotatable bonds is 6. The third-order valence-electron chi connectivity index (χ3n) is 5.23. The lowest BCUT2D eigenvalue weighted by Crippen LogP contribution is -1.96. The van der Waals surface area contributed by atoms with Crippen molar-refractivity contribution in [2.75, 3.05) is 7.11 Å². The number of fused-ring (bicyclic) bond motifs is 1. The van der Waals surface area contributed by atoms with Gasteiger partial charge in [0.25, 0.3) is 0 Å². The zero-order valence-corrected chi connectivity index (χ0v) is 16.3. The molecule has 0 saturated heterocycles. The van der Waals surface area contributed by atoms with Crippen LogP contribution < -0.4 is 0 Å². The summed E-state index contributed by atoms with van der Waals surface area (Å²) in [5.41, 5.74) is 4.94. The van der Waals surface area contributed by atoms with Gasteiger partial charge in [0.05, 0.1) is 6.61 Å². The van der Waals surface area contributed by atoms with Gasteiger partial charge in [-0.25, -0.2) is 8.78 Å². The van der Waals surface area contributed by atoms with Crippen LogP contribution in [0.15, 0.2) is 78.9 Å². The van der Waals surface area contributed by atoms with E-state index in [1.165, 1.54) is 12.1 Å². The van der Waals surface area contributed by atoms with Crippen LogP contribution in [-0.4, -0.2) is 7.11 Å². The molecule has 0 fully saturated rings. The highest BCUT2D eigenvalue weighted by molar-refractivity contribution is 5.88. The van der Waals surface area contributed by atoms with Crippen molar-refractivity contribution in [3.05, 3.63) is 107 Å². The summed E-state index contributed by atoms with van der Waals surface area (Å²) in [5.74, 6) is -0.429. The molecule has 3 heteroatoms. The van der Waals surface area contributed by atoms with E-state index in [1.807, 2.05) is 42.5 Å². The topological polar surface area (TPSA) is 9.23 Å². The van der Waals surface area contributed by atoms with E-state index >= 15 is 4.39 Å². The molecule has 0 aliphatic heterocycles. The Morgan fingerprint density at radius 1 is 0.690 bits per heavy atom. The monoisotopic (exact) mass is 388 g/mol. The maximum Gasteiger partial charge on any atom is 0.134 e. The maximum atomic E-state index is 15.0. The zero-order valence-electron chi connectivity index (χ0n) is 16.3. The van der Waals surface area contributed by atoms with Crippen LogP contribution in [0.25, 0.3) is 21.9 Å². The average molecular weight is 388 g/mol. The van der Waals surface area contributed by atoms with Crippen LogP contribution in [-0.2, 0) is 24.2 Å². The number of halogens is 2. The van der Waals surface area contributed by atoms with E-state index in [0.29, 0.717) is 30.4 Å². The van der Waals surface area contributed by atoms with Crippen molar-refractivity contribution in [3.63, 3.8) is 0 Å². The van der Waals surface area contributed by atoms with Gasteiger partial charge in [-0.3, -0.25) is 0 Å². The molecular weight excluding hydrogens is 366 g/mol. The van der Waals surface area contributed by atoms with Gasteiger partial charge in [0, 0.05) is 12.5 Å². The standard InChI is InChI=1S/C26H22F2O/c1-29-17-19-3-7-20(8-4-19)22-12-15-25-23(16-22)11-10-21(26(25)28)9-2-18-5-13-24(27)14-6-18/h3-8,10-16H,2,9,17H2,1H3. The first-order valence-electron chi connectivity index (χ1n) is 9.68. The SMILES string of the molecule is COCc1ccc(-c2ccc3c(F)c(CCc4ccc(F)cc4)ccc3c2)cc1. The first kappa shape index (κ1) is 19.3.